The van der Waals surface area contributed by atoms with Gasteiger partial charge in [0.2, 0.25) is 0 Å². The van der Waals surface area contributed by atoms with Crippen molar-refractivity contribution in [1.29, 1.82) is 0 Å². The molecule has 0 radical (unpaired) electrons. The third-order valence-corrected chi connectivity index (χ3v) is 6.20. The fourth-order valence-electron chi connectivity index (χ4n) is 3.80. The molecule has 2 N–H and O–H groups in total. The largest absolute Gasteiger partial charge is 0.487 e. The Labute approximate surface area is 236 Å². The van der Waals surface area contributed by atoms with Crippen LogP contribution in [0.25, 0.3) is 10.9 Å². The molecule has 0 amide bonds. The first-order valence-electron chi connectivity index (χ1n) is 12.6. The zero-order valence-electron chi connectivity index (χ0n) is 23.0. The van der Waals surface area contributed by atoms with Gasteiger partial charge in [-0.05, 0) is 59.2 Å². The van der Waals surface area contributed by atoms with E-state index < -0.39 is 27.8 Å². The van der Waals surface area contributed by atoms with Crippen molar-refractivity contribution in [3.63, 3.8) is 0 Å². The van der Waals surface area contributed by atoms with E-state index in [1.165, 1.54) is 36.7 Å². The van der Waals surface area contributed by atoms with Gasteiger partial charge in [-0.2, -0.15) is 0 Å². The van der Waals surface area contributed by atoms with Crippen molar-refractivity contribution in [2.45, 2.75) is 52.2 Å². The molecule has 3 rings (SSSR count). The van der Waals surface area contributed by atoms with Crippen molar-refractivity contribution in [1.82, 2.24) is 14.9 Å². The van der Waals surface area contributed by atoms with Gasteiger partial charge in [-0.25, -0.2) is 14.4 Å². The fraction of sp³-hybridized carbons (Fsp3) is 0.444. The standard InChI is InChI=1S/C27H33ClFN5O6/c1-26(2,3)40-24(36)14-33(27(4,5)15-35)9-6-10-39-23-13-21-18(12-22(23)34(37)38)25(31-16-30-21)32-17-7-8-20(29)19(28)11-17/h7-8,11-13,16,35H,6,9-10,14-15H2,1-5H3,(H,30,31,32). The molecule has 0 aliphatic rings. The summed E-state index contributed by atoms with van der Waals surface area (Å²) in [6.45, 7) is 9.18. The highest BCUT2D eigenvalue weighted by atomic mass is 35.5. The quantitative estimate of drug-likeness (QED) is 0.127. The van der Waals surface area contributed by atoms with E-state index in [-0.39, 0.29) is 42.0 Å². The van der Waals surface area contributed by atoms with E-state index in [2.05, 4.69) is 15.3 Å². The summed E-state index contributed by atoms with van der Waals surface area (Å²) in [6.07, 6.45) is 1.69. The number of hydrogen-bond donors (Lipinski definition) is 2. The number of nitrogens with zero attached hydrogens (tertiary/aromatic N) is 4. The highest BCUT2D eigenvalue weighted by molar-refractivity contribution is 6.31. The Morgan fingerprint density at radius 2 is 1.93 bits per heavy atom. The van der Waals surface area contributed by atoms with E-state index >= 15 is 0 Å². The normalized spacial score (nSPS) is 12.0. The summed E-state index contributed by atoms with van der Waals surface area (Å²) < 4.78 is 24.7. The summed E-state index contributed by atoms with van der Waals surface area (Å²) in [5, 5.41) is 25.0. The highest BCUT2D eigenvalue weighted by Crippen LogP contribution is 2.35. The van der Waals surface area contributed by atoms with Crippen molar-refractivity contribution in [3.05, 3.63) is 57.6 Å². The monoisotopic (exact) mass is 577 g/mol. The predicted molar refractivity (Wildman–Crippen MR) is 150 cm³/mol. The second-order valence-corrected chi connectivity index (χ2v) is 11.2. The minimum atomic E-state index is -0.707. The van der Waals surface area contributed by atoms with Gasteiger partial charge in [0.15, 0.2) is 5.75 Å². The van der Waals surface area contributed by atoms with E-state index in [4.69, 9.17) is 21.1 Å². The molecule has 0 saturated carbocycles. The first kappa shape index (κ1) is 30.9. The van der Waals surface area contributed by atoms with Gasteiger partial charge < -0.3 is 19.9 Å². The van der Waals surface area contributed by atoms with E-state index in [1.54, 1.807) is 39.5 Å². The van der Waals surface area contributed by atoms with Crippen LogP contribution in [0.4, 0.5) is 21.6 Å². The van der Waals surface area contributed by atoms with Gasteiger partial charge in [0, 0.05) is 29.9 Å². The van der Waals surface area contributed by atoms with Crippen LogP contribution in [0.2, 0.25) is 5.02 Å². The topological polar surface area (TPSA) is 140 Å². The van der Waals surface area contributed by atoms with Crippen LogP contribution >= 0.6 is 11.6 Å². The maximum absolute atomic E-state index is 13.5. The average molecular weight is 578 g/mol. The Morgan fingerprint density at radius 1 is 1.20 bits per heavy atom. The van der Waals surface area contributed by atoms with Gasteiger partial charge in [-0.1, -0.05) is 11.6 Å². The zero-order valence-corrected chi connectivity index (χ0v) is 23.8. The van der Waals surface area contributed by atoms with Crippen LogP contribution in [0.5, 0.6) is 5.75 Å². The molecule has 0 aliphatic heterocycles. The molecule has 0 fully saturated rings. The second kappa shape index (κ2) is 12.7. The van der Waals surface area contributed by atoms with Crippen molar-refractivity contribution >= 4 is 45.7 Å². The summed E-state index contributed by atoms with van der Waals surface area (Å²) in [4.78, 5) is 33.9. The van der Waals surface area contributed by atoms with Crippen LogP contribution in [-0.2, 0) is 9.53 Å². The molecule has 0 atom stereocenters. The Hall–Kier alpha value is -3.61. The minimum Gasteiger partial charge on any atom is -0.487 e. The van der Waals surface area contributed by atoms with Crippen molar-refractivity contribution in [2.75, 3.05) is 31.6 Å². The van der Waals surface area contributed by atoms with E-state index in [9.17, 15) is 24.4 Å². The van der Waals surface area contributed by atoms with Gasteiger partial charge in [0.1, 0.15) is 23.6 Å². The minimum absolute atomic E-state index is 0.0205. The molecule has 0 saturated heterocycles. The number of nitro benzene ring substituents is 1. The summed E-state index contributed by atoms with van der Waals surface area (Å²) in [7, 11) is 0. The Morgan fingerprint density at radius 3 is 2.55 bits per heavy atom. The molecular weight excluding hydrogens is 545 g/mol. The average Bonchev–Trinajstić information content (AvgIpc) is 2.86. The lowest BCUT2D eigenvalue weighted by atomic mass is 10.0. The number of anilines is 2. The van der Waals surface area contributed by atoms with Gasteiger partial charge in [-0.15, -0.1) is 0 Å². The molecule has 0 unspecified atom stereocenters. The maximum Gasteiger partial charge on any atom is 0.320 e. The summed E-state index contributed by atoms with van der Waals surface area (Å²) >= 11 is 5.86. The molecule has 1 aromatic heterocycles. The Bertz CT molecular complexity index is 1380. The van der Waals surface area contributed by atoms with Crippen molar-refractivity contribution in [3.8, 4) is 5.75 Å². The molecular formula is C27H33ClFN5O6. The number of aliphatic hydroxyl groups is 1. The lowest BCUT2D eigenvalue weighted by molar-refractivity contribution is -0.385. The summed E-state index contributed by atoms with van der Waals surface area (Å²) in [5.74, 6) is -0.712. The van der Waals surface area contributed by atoms with Crippen molar-refractivity contribution < 1.29 is 28.7 Å². The lowest BCUT2D eigenvalue weighted by Gasteiger charge is -2.37. The first-order chi connectivity index (χ1) is 18.7. The van der Waals surface area contributed by atoms with Crippen molar-refractivity contribution in [2.24, 2.45) is 0 Å². The predicted octanol–water partition coefficient (Wildman–Crippen LogP) is 5.26. The van der Waals surface area contributed by atoms with Crippen LogP contribution in [0.3, 0.4) is 0 Å². The third kappa shape index (κ3) is 8.20. The van der Waals surface area contributed by atoms with Crippen LogP contribution in [-0.4, -0.2) is 68.3 Å². The molecule has 1 heterocycles. The number of ether oxygens (including phenoxy) is 2. The maximum atomic E-state index is 13.5. The van der Waals surface area contributed by atoms with E-state index in [1.807, 2.05) is 0 Å². The summed E-state index contributed by atoms with van der Waals surface area (Å²) in [6, 6.07) is 6.79. The third-order valence-electron chi connectivity index (χ3n) is 5.91. The number of esters is 1. The molecule has 40 heavy (non-hydrogen) atoms. The second-order valence-electron chi connectivity index (χ2n) is 10.8. The number of nitrogens with one attached hydrogen (secondary N) is 1. The molecule has 2 aromatic carbocycles. The number of rotatable bonds is 12. The molecule has 0 spiro atoms. The fourth-order valence-corrected chi connectivity index (χ4v) is 3.98. The Kier molecular flexibility index (Phi) is 9.82. The van der Waals surface area contributed by atoms with Crippen LogP contribution in [0.1, 0.15) is 41.0 Å². The van der Waals surface area contributed by atoms with Crippen LogP contribution < -0.4 is 10.1 Å². The molecule has 3 aromatic rings. The number of benzene rings is 2. The number of aliphatic hydroxyl groups excluding tert-OH is 1. The molecule has 13 heteroatoms. The molecule has 11 nitrogen and oxygen atoms in total. The number of nitro groups is 1. The van der Waals surface area contributed by atoms with Gasteiger partial charge >= 0.3 is 11.7 Å². The number of aromatic nitrogens is 2. The highest BCUT2D eigenvalue weighted by Gasteiger charge is 2.29. The number of carbonyl (C=O) groups is 1. The lowest BCUT2D eigenvalue weighted by Crippen LogP contribution is -2.50. The van der Waals surface area contributed by atoms with Gasteiger partial charge in [-0.3, -0.25) is 19.8 Å². The number of carbonyl (C=O) groups excluding carboxylic acids is 1. The van der Waals surface area contributed by atoms with E-state index in [0.717, 1.165) is 0 Å². The molecule has 216 valence electrons. The smallest absolute Gasteiger partial charge is 0.320 e. The van der Waals surface area contributed by atoms with Crippen LogP contribution in [0, 0.1) is 15.9 Å². The number of fused-ring (bicyclic) bond motifs is 1. The van der Waals surface area contributed by atoms with E-state index in [0.29, 0.717) is 29.6 Å². The van der Waals surface area contributed by atoms with Crippen LogP contribution in [0.15, 0.2) is 36.7 Å². The Balaban J connectivity index is 1.76. The SMILES string of the molecule is CC(C)(C)OC(=O)CN(CCCOc1cc2ncnc(Nc3ccc(F)c(Cl)c3)c2cc1[N+](=O)[O-])C(C)(C)CO. The molecule has 0 aliphatic carbocycles. The van der Waals surface area contributed by atoms with Gasteiger partial charge in [0.05, 0.1) is 40.6 Å². The summed E-state index contributed by atoms with van der Waals surface area (Å²) in [5.41, 5.74) is -0.810. The number of hydrogen-bond acceptors (Lipinski definition) is 10. The first-order valence-corrected chi connectivity index (χ1v) is 12.9. The number of halogens is 2. The molecule has 0 bridgehead atoms. The zero-order chi connectivity index (χ0) is 29.7. The van der Waals surface area contributed by atoms with Gasteiger partial charge in [0.25, 0.3) is 0 Å².